The Morgan fingerprint density at radius 3 is 2.80 bits per heavy atom. The molecule has 1 nitrogen and oxygen atoms in total. The molecule has 1 saturated heterocycles. The van der Waals surface area contributed by atoms with Crippen LogP contribution in [0.4, 0.5) is 4.39 Å². The number of aryl methyl sites for hydroxylation is 1. The highest BCUT2D eigenvalue weighted by atomic mass is 32.1. The van der Waals surface area contributed by atoms with Crippen LogP contribution in [0.25, 0.3) is 0 Å². The molecule has 0 amide bonds. The van der Waals surface area contributed by atoms with E-state index >= 15 is 0 Å². The largest absolute Gasteiger partial charge is 0.316 e. The number of rotatable bonds is 3. The van der Waals surface area contributed by atoms with Crippen LogP contribution in [0.3, 0.4) is 0 Å². The van der Waals surface area contributed by atoms with E-state index in [1.165, 1.54) is 9.75 Å². The summed E-state index contributed by atoms with van der Waals surface area (Å²) in [6, 6.07) is 11.7. The van der Waals surface area contributed by atoms with Crippen LogP contribution in [0.15, 0.2) is 36.4 Å². The number of thiophene rings is 1. The summed E-state index contributed by atoms with van der Waals surface area (Å²) in [7, 11) is 0. The third-order valence-electron chi connectivity index (χ3n) is 4.18. The Hall–Kier alpha value is -1.19. The summed E-state index contributed by atoms with van der Waals surface area (Å²) in [6.45, 7) is 4.08. The predicted molar refractivity (Wildman–Crippen MR) is 83.1 cm³/mol. The maximum Gasteiger partial charge on any atom is 0.126 e. The number of nitrogens with one attached hydrogen (secondary N) is 1. The van der Waals surface area contributed by atoms with E-state index in [2.05, 4.69) is 24.4 Å². The Balaban J connectivity index is 1.93. The van der Waals surface area contributed by atoms with E-state index in [1.54, 1.807) is 12.1 Å². The molecule has 20 heavy (non-hydrogen) atoms. The molecule has 2 unspecified atom stereocenters. The molecule has 3 heteroatoms. The molecule has 0 radical (unpaired) electrons. The van der Waals surface area contributed by atoms with Gasteiger partial charge in [-0.2, -0.15) is 0 Å². The van der Waals surface area contributed by atoms with E-state index in [9.17, 15) is 4.39 Å². The minimum Gasteiger partial charge on any atom is -0.316 e. The molecule has 1 N–H and O–H groups in total. The fourth-order valence-corrected chi connectivity index (χ4v) is 4.24. The van der Waals surface area contributed by atoms with Crippen molar-refractivity contribution in [1.82, 2.24) is 5.32 Å². The second-order valence-electron chi connectivity index (χ2n) is 5.38. The lowest BCUT2D eigenvalue weighted by Gasteiger charge is -2.32. The fraction of sp³-hybridized carbons (Fsp3) is 0.412. The average Bonchev–Trinajstić information content (AvgIpc) is 2.97. The highest BCUT2D eigenvalue weighted by Gasteiger charge is 2.30. The van der Waals surface area contributed by atoms with E-state index < -0.39 is 0 Å². The first-order valence-corrected chi connectivity index (χ1v) is 8.15. The lowest BCUT2D eigenvalue weighted by molar-refractivity contribution is 0.397. The van der Waals surface area contributed by atoms with Gasteiger partial charge in [0.2, 0.25) is 0 Å². The summed E-state index contributed by atoms with van der Waals surface area (Å²) in [5.41, 5.74) is 0.858. The van der Waals surface area contributed by atoms with Crippen molar-refractivity contribution in [3.8, 4) is 0 Å². The molecule has 1 aromatic heterocycles. The van der Waals surface area contributed by atoms with E-state index in [0.717, 1.165) is 31.5 Å². The van der Waals surface area contributed by atoms with Crippen molar-refractivity contribution in [3.05, 3.63) is 57.5 Å². The highest BCUT2D eigenvalue weighted by molar-refractivity contribution is 7.12. The van der Waals surface area contributed by atoms with Crippen LogP contribution in [0, 0.1) is 5.82 Å². The van der Waals surface area contributed by atoms with Crippen molar-refractivity contribution >= 4 is 11.3 Å². The first kappa shape index (κ1) is 13.8. The Morgan fingerprint density at radius 2 is 2.05 bits per heavy atom. The van der Waals surface area contributed by atoms with Crippen molar-refractivity contribution in [3.63, 3.8) is 0 Å². The minimum absolute atomic E-state index is 0.0709. The van der Waals surface area contributed by atoms with Gasteiger partial charge in [0.1, 0.15) is 5.82 Å². The normalized spacial score (nSPS) is 22.9. The van der Waals surface area contributed by atoms with Gasteiger partial charge in [-0.15, -0.1) is 11.3 Å². The Morgan fingerprint density at radius 1 is 1.20 bits per heavy atom. The number of piperidine rings is 1. The van der Waals surface area contributed by atoms with Crippen LogP contribution >= 0.6 is 11.3 Å². The summed E-state index contributed by atoms with van der Waals surface area (Å²) < 4.78 is 14.1. The zero-order valence-electron chi connectivity index (χ0n) is 11.7. The monoisotopic (exact) mass is 289 g/mol. The van der Waals surface area contributed by atoms with E-state index in [1.807, 2.05) is 23.5 Å². The van der Waals surface area contributed by atoms with Gasteiger partial charge >= 0.3 is 0 Å². The SMILES string of the molecule is CCc1ccc(C2CCNCC2c2ccccc2F)s1. The highest BCUT2D eigenvalue weighted by Crippen LogP contribution is 2.40. The van der Waals surface area contributed by atoms with Gasteiger partial charge in [0.25, 0.3) is 0 Å². The molecule has 3 rings (SSSR count). The molecule has 0 spiro atoms. The molecule has 2 heterocycles. The summed E-state index contributed by atoms with van der Waals surface area (Å²) in [5, 5.41) is 3.42. The Labute approximate surface area is 123 Å². The van der Waals surface area contributed by atoms with Gasteiger partial charge in [-0.1, -0.05) is 25.1 Å². The summed E-state index contributed by atoms with van der Waals surface area (Å²) in [4.78, 5) is 2.84. The molecule has 0 bridgehead atoms. The van der Waals surface area contributed by atoms with Crippen LogP contribution in [0.2, 0.25) is 0 Å². The van der Waals surface area contributed by atoms with Gasteiger partial charge in [0.05, 0.1) is 0 Å². The molecular formula is C17H20FNS. The third-order valence-corrected chi connectivity index (χ3v) is 5.54. The molecule has 1 fully saturated rings. The van der Waals surface area contributed by atoms with Crippen molar-refractivity contribution in [2.24, 2.45) is 0 Å². The summed E-state index contributed by atoms with van der Waals surface area (Å²) in [6.07, 6.45) is 2.17. The molecule has 106 valence electrons. The van der Waals surface area contributed by atoms with Gasteiger partial charge in [-0.05, 0) is 43.1 Å². The zero-order valence-corrected chi connectivity index (χ0v) is 12.5. The third kappa shape index (κ3) is 2.65. The molecule has 1 aliphatic heterocycles. The summed E-state index contributed by atoms with van der Waals surface area (Å²) in [5.74, 6) is 0.616. The maximum absolute atomic E-state index is 14.1. The van der Waals surface area contributed by atoms with Gasteiger partial charge in [-0.25, -0.2) is 4.39 Å². The maximum atomic E-state index is 14.1. The molecule has 1 aliphatic rings. The standard InChI is InChI=1S/C17H20FNS/c1-2-12-7-8-17(20-12)14-9-10-19-11-15(14)13-5-3-4-6-16(13)18/h3-8,14-15,19H,2,9-11H2,1H3. The van der Waals surface area contributed by atoms with Crippen molar-refractivity contribution in [1.29, 1.82) is 0 Å². The van der Waals surface area contributed by atoms with Crippen molar-refractivity contribution in [2.75, 3.05) is 13.1 Å². The van der Waals surface area contributed by atoms with Crippen LogP contribution in [0.1, 0.15) is 40.5 Å². The van der Waals surface area contributed by atoms with Gasteiger partial charge in [0.15, 0.2) is 0 Å². The topological polar surface area (TPSA) is 12.0 Å². The average molecular weight is 289 g/mol. The number of halogens is 1. The van der Waals surface area contributed by atoms with Crippen LogP contribution in [-0.4, -0.2) is 13.1 Å². The predicted octanol–water partition coefficient (Wildman–Crippen LogP) is 4.31. The Bertz CT molecular complexity index is 578. The van der Waals surface area contributed by atoms with Crippen molar-refractivity contribution in [2.45, 2.75) is 31.6 Å². The van der Waals surface area contributed by atoms with Crippen LogP contribution in [-0.2, 0) is 6.42 Å². The molecule has 0 saturated carbocycles. The Kier molecular flexibility index (Phi) is 4.18. The molecule has 2 aromatic rings. The first-order valence-electron chi connectivity index (χ1n) is 7.33. The first-order chi connectivity index (χ1) is 9.79. The molecule has 2 atom stereocenters. The lowest BCUT2D eigenvalue weighted by Crippen LogP contribution is -2.34. The summed E-state index contributed by atoms with van der Waals surface area (Å²) >= 11 is 1.89. The smallest absolute Gasteiger partial charge is 0.126 e. The second kappa shape index (κ2) is 6.06. The number of hydrogen-bond acceptors (Lipinski definition) is 2. The van der Waals surface area contributed by atoms with E-state index in [0.29, 0.717) is 5.92 Å². The van der Waals surface area contributed by atoms with Gasteiger partial charge < -0.3 is 5.32 Å². The van der Waals surface area contributed by atoms with Crippen LogP contribution < -0.4 is 5.32 Å². The number of hydrogen-bond donors (Lipinski definition) is 1. The number of benzene rings is 1. The molecular weight excluding hydrogens is 269 g/mol. The second-order valence-corrected chi connectivity index (χ2v) is 6.58. The lowest BCUT2D eigenvalue weighted by atomic mass is 9.80. The van der Waals surface area contributed by atoms with Gasteiger partial charge in [-0.3, -0.25) is 0 Å². The zero-order chi connectivity index (χ0) is 13.9. The fourth-order valence-electron chi connectivity index (χ4n) is 3.09. The molecule has 0 aliphatic carbocycles. The quantitative estimate of drug-likeness (QED) is 0.888. The minimum atomic E-state index is -0.0709. The van der Waals surface area contributed by atoms with E-state index in [-0.39, 0.29) is 11.7 Å². The van der Waals surface area contributed by atoms with E-state index in [4.69, 9.17) is 0 Å². The van der Waals surface area contributed by atoms with Crippen LogP contribution in [0.5, 0.6) is 0 Å². The molecule has 1 aromatic carbocycles. The van der Waals surface area contributed by atoms with Crippen molar-refractivity contribution < 1.29 is 4.39 Å². The van der Waals surface area contributed by atoms with Gasteiger partial charge in [0, 0.05) is 28.1 Å².